The standard InChI is InChI=1S/C22H34O8/c1-13-6-7-16-21(2,12-23)8-5-9-22(16,3)15(13)11-30-18(19(26)27)14(10-17(24)25)20(28)29-4/h14-16,18,23H,1,5-12H2,2-4H3,(H,24,25)(H,26,27)/t14-,15-,16-,18+,21-,22+/m0/s1. The largest absolute Gasteiger partial charge is 0.481 e. The molecule has 2 saturated carbocycles. The number of ether oxygens (including phenoxy) is 2. The molecule has 0 heterocycles. The average Bonchev–Trinajstić information content (AvgIpc) is 2.67. The minimum atomic E-state index is -1.63. The summed E-state index contributed by atoms with van der Waals surface area (Å²) in [4.78, 5) is 35.0. The van der Waals surface area contributed by atoms with Crippen LogP contribution in [0, 0.1) is 28.6 Å². The van der Waals surface area contributed by atoms with Crippen molar-refractivity contribution in [3.05, 3.63) is 12.2 Å². The second-order valence-electron chi connectivity index (χ2n) is 9.29. The van der Waals surface area contributed by atoms with Crippen molar-refractivity contribution in [2.75, 3.05) is 20.3 Å². The van der Waals surface area contributed by atoms with Crippen LogP contribution in [0.1, 0.15) is 52.4 Å². The SMILES string of the molecule is C=C1CC[C@H]2[C@](C)(CO)CCC[C@]2(C)[C@H]1CO[C@@H](C(=O)O)[C@H](CC(=O)O)C(=O)OC. The number of rotatable bonds is 9. The Balaban J connectivity index is 2.26. The number of aliphatic hydroxyl groups excluding tert-OH is 1. The van der Waals surface area contributed by atoms with Crippen LogP contribution in [0.2, 0.25) is 0 Å². The highest BCUT2D eigenvalue weighted by atomic mass is 16.5. The lowest BCUT2D eigenvalue weighted by atomic mass is 9.47. The van der Waals surface area contributed by atoms with E-state index < -0.39 is 36.4 Å². The predicted octanol–water partition coefficient (Wildman–Crippen LogP) is 2.49. The van der Waals surface area contributed by atoms with Gasteiger partial charge in [-0.2, -0.15) is 0 Å². The summed E-state index contributed by atoms with van der Waals surface area (Å²) in [5, 5.41) is 28.8. The molecule has 2 rings (SSSR count). The predicted molar refractivity (Wildman–Crippen MR) is 108 cm³/mol. The minimum Gasteiger partial charge on any atom is -0.481 e. The molecule has 0 aromatic rings. The lowest BCUT2D eigenvalue weighted by Gasteiger charge is -2.58. The van der Waals surface area contributed by atoms with Gasteiger partial charge < -0.3 is 24.8 Å². The Bertz CT molecular complexity index is 689. The maximum atomic E-state index is 12.0. The fourth-order valence-electron chi connectivity index (χ4n) is 5.79. The lowest BCUT2D eigenvalue weighted by Crippen LogP contribution is -2.53. The van der Waals surface area contributed by atoms with Crippen molar-refractivity contribution in [3.8, 4) is 0 Å². The number of esters is 1. The number of carbonyl (C=O) groups is 3. The molecule has 0 unspecified atom stereocenters. The molecule has 8 heteroatoms. The number of carboxylic acid groups (broad SMARTS) is 2. The maximum absolute atomic E-state index is 12.0. The molecule has 8 nitrogen and oxygen atoms in total. The van der Waals surface area contributed by atoms with E-state index in [1.54, 1.807) is 0 Å². The minimum absolute atomic E-state index is 0.0252. The Morgan fingerprint density at radius 3 is 2.43 bits per heavy atom. The van der Waals surface area contributed by atoms with E-state index in [1.165, 1.54) is 0 Å². The summed E-state index contributed by atoms with van der Waals surface area (Å²) in [6.07, 6.45) is 2.14. The Morgan fingerprint density at radius 2 is 1.90 bits per heavy atom. The fraction of sp³-hybridized carbons (Fsp3) is 0.773. The molecule has 0 aliphatic heterocycles. The summed E-state index contributed by atoms with van der Waals surface area (Å²) >= 11 is 0. The molecule has 0 radical (unpaired) electrons. The first-order valence-electron chi connectivity index (χ1n) is 10.4. The first-order valence-corrected chi connectivity index (χ1v) is 10.4. The number of aliphatic carboxylic acids is 2. The molecule has 2 aliphatic carbocycles. The van der Waals surface area contributed by atoms with Gasteiger partial charge in [-0.1, -0.05) is 32.4 Å². The van der Waals surface area contributed by atoms with Gasteiger partial charge in [-0.15, -0.1) is 0 Å². The summed E-state index contributed by atoms with van der Waals surface area (Å²) in [5.41, 5.74) is 0.533. The topological polar surface area (TPSA) is 130 Å². The van der Waals surface area contributed by atoms with Gasteiger partial charge in [-0.25, -0.2) is 4.79 Å². The second kappa shape index (κ2) is 9.47. The van der Waals surface area contributed by atoms with E-state index in [9.17, 15) is 24.6 Å². The van der Waals surface area contributed by atoms with Gasteiger partial charge in [0.05, 0.1) is 20.1 Å². The van der Waals surface area contributed by atoms with Crippen molar-refractivity contribution in [3.63, 3.8) is 0 Å². The number of carboxylic acids is 2. The molecule has 30 heavy (non-hydrogen) atoms. The number of hydrogen-bond acceptors (Lipinski definition) is 6. The van der Waals surface area contributed by atoms with Crippen molar-refractivity contribution in [1.29, 1.82) is 0 Å². The molecule has 3 N–H and O–H groups in total. The highest BCUT2D eigenvalue weighted by Gasteiger charge is 2.54. The molecule has 0 amide bonds. The summed E-state index contributed by atoms with van der Waals surface area (Å²) in [6.45, 7) is 8.56. The van der Waals surface area contributed by atoms with Crippen molar-refractivity contribution in [1.82, 2.24) is 0 Å². The number of fused-ring (bicyclic) bond motifs is 1. The first-order chi connectivity index (χ1) is 14.0. The fourth-order valence-corrected chi connectivity index (χ4v) is 5.79. The second-order valence-corrected chi connectivity index (χ2v) is 9.29. The maximum Gasteiger partial charge on any atom is 0.333 e. The van der Waals surface area contributed by atoms with Crippen LogP contribution in [-0.2, 0) is 23.9 Å². The molecular weight excluding hydrogens is 392 g/mol. The molecule has 6 atom stereocenters. The van der Waals surface area contributed by atoms with Crippen LogP contribution in [0.4, 0.5) is 0 Å². The highest BCUT2D eigenvalue weighted by molar-refractivity contribution is 5.86. The van der Waals surface area contributed by atoms with Gasteiger partial charge in [0.15, 0.2) is 6.10 Å². The van der Waals surface area contributed by atoms with E-state index >= 15 is 0 Å². The summed E-state index contributed by atoms with van der Waals surface area (Å²) in [6, 6.07) is 0. The van der Waals surface area contributed by atoms with Crippen LogP contribution in [0.15, 0.2) is 12.2 Å². The number of carbonyl (C=O) groups excluding carboxylic acids is 1. The first kappa shape index (κ1) is 24.3. The van der Waals surface area contributed by atoms with Crippen LogP contribution in [0.3, 0.4) is 0 Å². The summed E-state index contributed by atoms with van der Waals surface area (Å²) in [7, 11) is 1.09. The van der Waals surface area contributed by atoms with E-state index in [1.807, 2.05) is 0 Å². The third-order valence-corrected chi connectivity index (χ3v) is 7.45. The van der Waals surface area contributed by atoms with Crippen molar-refractivity contribution < 1.29 is 39.2 Å². The van der Waals surface area contributed by atoms with Crippen LogP contribution >= 0.6 is 0 Å². The number of hydrogen-bond donors (Lipinski definition) is 3. The molecular formula is C22H34O8. The zero-order chi connectivity index (χ0) is 22.7. The normalized spacial score (nSPS) is 33.3. The third kappa shape index (κ3) is 4.70. The van der Waals surface area contributed by atoms with Gasteiger partial charge in [-0.05, 0) is 42.4 Å². The smallest absolute Gasteiger partial charge is 0.333 e. The van der Waals surface area contributed by atoms with Gasteiger partial charge in [0.2, 0.25) is 0 Å². The van der Waals surface area contributed by atoms with Crippen LogP contribution < -0.4 is 0 Å². The zero-order valence-corrected chi connectivity index (χ0v) is 18.1. The van der Waals surface area contributed by atoms with E-state index in [-0.39, 0.29) is 35.9 Å². The third-order valence-electron chi connectivity index (χ3n) is 7.45. The van der Waals surface area contributed by atoms with Gasteiger partial charge in [0, 0.05) is 12.5 Å². The van der Waals surface area contributed by atoms with E-state index in [2.05, 4.69) is 25.2 Å². The molecule has 0 aromatic carbocycles. The Kier molecular flexibility index (Phi) is 7.69. The summed E-state index contributed by atoms with van der Waals surface area (Å²) < 4.78 is 10.3. The van der Waals surface area contributed by atoms with E-state index in [4.69, 9.17) is 9.84 Å². The Hall–Kier alpha value is -1.93. The molecule has 0 bridgehead atoms. The average molecular weight is 427 g/mol. The Labute approximate surface area is 177 Å². The lowest BCUT2D eigenvalue weighted by molar-refractivity contribution is -0.172. The van der Waals surface area contributed by atoms with Crippen LogP contribution in [-0.4, -0.2) is 59.7 Å². The van der Waals surface area contributed by atoms with Gasteiger partial charge in [-0.3, -0.25) is 9.59 Å². The van der Waals surface area contributed by atoms with Gasteiger partial charge in [0.25, 0.3) is 0 Å². The zero-order valence-electron chi connectivity index (χ0n) is 18.1. The van der Waals surface area contributed by atoms with Crippen molar-refractivity contribution in [2.24, 2.45) is 28.6 Å². The number of aliphatic hydroxyl groups is 1. The molecule has 0 saturated heterocycles. The van der Waals surface area contributed by atoms with E-state index in [0.717, 1.165) is 44.8 Å². The van der Waals surface area contributed by atoms with Gasteiger partial charge in [0.1, 0.15) is 5.92 Å². The monoisotopic (exact) mass is 426 g/mol. The van der Waals surface area contributed by atoms with Gasteiger partial charge >= 0.3 is 17.9 Å². The highest BCUT2D eigenvalue weighted by Crippen LogP contribution is 2.60. The Morgan fingerprint density at radius 1 is 1.23 bits per heavy atom. The molecule has 0 spiro atoms. The summed E-state index contributed by atoms with van der Waals surface area (Å²) in [5.74, 6) is -4.99. The molecule has 170 valence electrons. The number of methoxy groups -OCH3 is 1. The van der Waals surface area contributed by atoms with Crippen molar-refractivity contribution >= 4 is 17.9 Å². The van der Waals surface area contributed by atoms with Crippen LogP contribution in [0.25, 0.3) is 0 Å². The van der Waals surface area contributed by atoms with E-state index in [0.29, 0.717) is 0 Å². The quantitative estimate of drug-likeness (QED) is 0.379. The molecule has 2 aliphatic rings. The molecule has 2 fully saturated rings. The molecule has 0 aromatic heterocycles. The van der Waals surface area contributed by atoms with Crippen molar-refractivity contribution in [2.45, 2.75) is 58.5 Å². The van der Waals surface area contributed by atoms with Crippen LogP contribution in [0.5, 0.6) is 0 Å².